The molecular weight excluding hydrogens is 272 g/mol. The van der Waals surface area contributed by atoms with E-state index in [1.165, 1.54) is 0 Å². The van der Waals surface area contributed by atoms with Crippen LogP contribution in [0.4, 0.5) is 0 Å². The van der Waals surface area contributed by atoms with Crippen LogP contribution >= 0.6 is 0 Å². The van der Waals surface area contributed by atoms with Crippen molar-refractivity contribution in [1.29, 1.82) is 0 Å². The van der Waals surface area contributed by atoms with Crippen LogP contribution in [0, 0.1) is 0 Å². The van der Waals surface area contributed by atoms with E-state index in [9.17, 15) is 8.42 Å². The maximum absolute atomic E-state index is 12.3. The number of hydrogen-bond acceptors (Lipinski definition) is 3. The van der Waals surface area contributed by atoms with E-state index in [1.54, 1.807) is 18.2 Å². The molecule has 0 aliphatic rings. The molecule has 0 spiro atoms. The summed E-state index contributed by atoms with van der Waals surface area (Å²) in [5.74, 6) is 0. The molecule has 2 unspecified atom stereocenters. The van der Waals surface area contributed by atoms with Gasteiger partial charge >= 0.3 is 0 Å². The molecule has 1 aromatic rings. The Labute approximate surface area is 123 Å². The van der Waals surface area contributed by atoms with Gasteiger partial charge in [-0.2, -0.15) is 0 Å². The Bertz CT molecular complexity index is 514. The van der Waals surface area contributed by atoms with Gasteiger partial charge in [-0.05, 0) is 44.5 Å². The lowest BCUT2D eigenvalue weighted by atomic mass is 10.1. The molecule has 0 bridgehead atoms. The molecule has 0 fully saturated rings. The number of sulfonamides is 1. The van der Waals surface area contributed by atoms with Gasteiger partial charge in [0.05, 0.1) is 4.90 Å². The molecule has 2 atom stereocenters. The third-order valence-electron chi connectivity index (χ3n) is 3.26. The molecule has 0 saturated carbocycles. The Morgan fingerprint density at radius 2 is 1.90 bits per heavy atom. The Balaban J connectivity index is 2.93. The fraction of sp³-hybridized carbons (Fsp3) is 0.600. The molecule has 0 aliphatic carbocycles. The van der Waals surface area contributed by atoms with Crippen LogP contribution in [0.25, 0.3) is 0 Å². The normalized spacial score (nSPS) is 15.0. The van der Waals surface area contributed by atoms with Crippen molar-refractivity contribution in [3.8, 4) is 0 Å². The first-order valence-corrected chi connectivity index (χ1v) is 8.74. The molecule has 0 aliphatic heterocycles. The van der Waals surface area contributed by atoms with Gasteiger partial charge in [-0.3, -0.25) is 0 Å². The summed E-state index contributed by atoms with van der Waals surface area (Å²) in [6, 6.07) is 7.23. The van der Waals surface area contributed by atoms with Crippen molar-refractivity contribution < 1.29 is 8.42 Å². The predicted molar refractivity (Wildman–Crippen MR) is 83.2 cm³/mol. The fourth-order valence-corrected chi connectivity index (χ4v) is 3.53. The topological polar surface area (TPSA) is 58.2 Å². The van der Waals surface area contributed by atoms with E-state index < -0.39 is 10.0 Å². The second kappa shape index (κ2) is 7.76. The van der Waals surface area contributed by atoms with Gasteiger partial charge in [0.2, 0.25) is 10.0 Å². The molecule has 1 rings (SSSR count). The van der Waals surface area contributed by atoms with Crippen molar-refractivity contribution in [1.82, 2.24) is 10.0 Å². The lowest BCUT2D eigenvalue weighted by Gasteiger charge is -2.16. The second-order valence-corrected chi connectivity index (χ2v) is 6.88. The number of benzene rings is 1. The van der Waals surface area contributed by atoms with E-state index >= 15 is 0 Å². The van der Waals surface area contributed by atoms with Gasteiger partial charge in [0.25, 0.3) is 0 Å². The van der Waals surface area contributed by atoms with Crippen LogP contribution in [0.1, 0.15) is 52.1 Å². The predicted octanol–water partition coefficient (Wildman–Crippen LogP) is 2.82. The lowest BCUT2D eigenvalue weighted by Crippen LogP contribution is -2.32. The van der Waals surface area contributed by atoms with E-state index in [4.69, 9.17) is 0 Å². The zero-order valence-electron chi connectivity index (χ0n) is 12.8. The third kappa shape index (κ3) is 4.89. The van der Waals surface area contributed by atoms with Crippen LogP contribution in [0.2, 0.25) is 0 Å². The van der Waals surface area contributed by atoms with E-state index in [0.717, 1.165) is 24.9 Å². The van der Waals surface area contributed by atoms with Crippen LogP contribution in [-0.4, -0.2) is 21.0 Å². The van der Waals surface area contributed by atoms with E-state index in [1.807, 2.05) is 33.8 Å². The zero-order chi connectivity index (χ0) is 15.2. The number of rotatable bonds is 8. The fourth-order valence-electron chi connectivity index (χ4n) is 2.20. The molecule has 0 radical (unpaired) electrons. The SMILES string of the molecule is CCCC(C)NS(=O)(=O)c1cccc(C(C)NCC)c1. The summed E-state index contributed by atoms with van der Waals surface area (Å²) in [5, 5.41) is 3.29. The molecule has 0 saturated heterocycles. The van der Waals surface area contributed by atoms with Crippen molar-refractivity contribution in [2.45, 2.75) is 57.5 Å². The average Bonchev–Trinajstić information content (AvgIpc) is 2.39. The standard InChI is InChI=1S/C15H26N2O2S/c1-5-8-12(3)17-20(18,19)15-10-7-9-14(11-15)13(4)16-6-2/h7,9-13,16-17H,5-6,8H2,1-4H3. The van der Waals surface area contributed by atoms with Gasteiger partial charge in [0, 0.05) is 12.1 Å². The molecule has 20 heavy (non-hydrogen) atoms. The summed E-state index contributed by atoms with van der Waals surface area (Å²) in [4.78, 5) is 0.336. The van der Waals surface area contributed by atoms with Crippen LogP contribution in [-0.2, 0) is 10.0 Å². The summed E-state index contributed by atoms with van der Waals surface area (Å²) >= 11 is 0. The summed E-state index contributed by atoms with van der Waals surface area (Å²) < 4.78 is 27.4. The minimum Gasteiger partial charge on any atom is -0.310 e. The highest BCUT2D eigenvalue weighted by Crippen LogP contribution is 2.18. The summed E-state index contributed by atoms with van der Waals surface area (Å²) in [6.45, 7) is 8.85. The molecular formula is C15H26N2O2S. The minimum absolute atomic E-state index is 0.0418. The molecule has 0 amide bonds. The van der Waals surface area contributed by atoms with E-state index in [-0.39, 0.29) is 12.1 Å². The average molecular weight is 298 g/mol. The summed E-state index contributed by atoms with van der Waals surface area (Å²) in [6.07, 6.45) is 1.80. The highest BCUT2D eigenvalue weighted by molar-refractivity contribution is 7.89. The van der Waals surface area contributed by atoms with Gasteiger partial charge in [0.15, 0.2) is 0 Å². The van der Waals surface area contributed by atoms with Gasteiger partial charge in [-0.1, -0.05) is 32.4 Å². The van der Waals surface area contributed by atoms with Crippen molar-refractivity contribution >= 4 is 10.0 Å². The maximum atomic E-state index is 12.3. The van der Waals surface area contributed by atoms with E-state index in [0.29, 0.717) is 4.90 Å². The maximum Gasteiger partial charge on any atom is 0.240 e. The molecule has 1 aromatic carbocycles. The molecule has 5 heteroatoms. The van der Waals surface area contributed by atoms with Crippen molar-refractivity contribution in [2.75, 3.05) is 6.54 Å². The molecule has 0 heterocycles. The van der Waals surface area contributed by atoms with Crippen LogP contribution in [0.5, 0.6) is 0 Å². The van der Waals surface area contributed by atoms with Gasteiger partial charge < -0.3 is 5.32 Å². The Kier molecular flexibility index (Phi) is 6.65. The number of nitrogens with one attached hydrogen (secondary N) is 2. The van der Waals surface area contributed by atoms with Crippen LogP contribution in [0.3, 0.4) is 0 Å². The van der Waals surface area contributed by atoms with Crippen molar-refractivity contribution in [3.05, 3.63) is 29.8 Å². The van der Waals surface area contributed by atoms with Crippen LogP contribution in [0.15, 0.2) is 29.2 Å². The van der Waals surface area contributed by atoms with Gasteiger partial charge in [-0.25, -0.2) is 13.1 Å². The molecule has 114 valence electrons. The molecule has 2 N–H and O–H groups in total. The first kappa shape index (κ1) is 17.1. The van der Waals surface area contributed by atoms with E-state index in [2.05, 4.69) is 10.0 Å². The second-order valence-electron chi connectivity index (χ2n) is 5.16. The minimum atomic E-state index is -3.43. The third-order valence-corrected chi connectivity index (χ3v) is 4.84. The van der Waals surface area contributed by atoms with Crippen LogP contribution < -0.4 is 10.0 Å². The van der Waals surface area contributed by atoms with Crippen molar-refractivity contribution in [2.24, 2.45) is 0 Å². The highest BCUT2D eigenvalue weighted by Gasteiger charge is 2.18. The summed E-state index contributed by atoms with van der Waals surface area (Å²) in [7, 11) is -3.43. The molecule has 4 nitrogen and oxygen atoms in total. The lowest BCUT2D eigenvalue weighted by molar-refractivity contribution is 0.543. The smallest absolute Gasteiger partial charge is 0.240 e. The zero-order valence-corrected chi connectivity index (χ0v) is 13.6. The molecule has 0 aromatic heterocycles. The monoisotopic (exact) mass is 298 g/mol. The Hall–Kier alpha value is -0.910. The Morgan fingerprint density at radius 3 is 2.50 bits per heavy atom. The number of hydrogen-bond donors (Lipinski definition) is 2. The highest BCUT2D eigenvalue weighted by atomic mass is 32.2. The van der Waals surface area contributed by atoms with Gasteiger partial charge in [0.1, 0.15) is 0 Å². The largest absolute Gasteiger partial charge is 0.310 e. The van der Waals surface area contributed by atoms with Crippen molar-refractivity contribution in [3.63, 3.8) is 0 Å². The summed E-state index contributed by atoms with van der Waals surface area (Å²) in [5.41, 5.74) is 0.984. The first-order chi connectivity index (χ1) is 9.40. The Morgan fingerprint density at radius 1 is 1.20 bits per heavy atom. The first-order valence-electron chi connectivity index (χ1n) is 7.26. The van der Waals surface area contributed by atoms with Gasteiger partial charge in [-0.15, -0.1) is 0 Å². The quantitative estimate of drug-likeness (QED) is 0.776.